The van der Waals surface area contributed by atoms with Crippen LogP contribution in [0.1, 0.15) is 70.9 Å². The van der Waals surface area contributed by atoms with Gasteiger partial charge < -0.3 is 15.1 Å². The first-order valence-electron chi connectivity index (χ1n) is 13.2. The smallest absolute Gasteiger partial charge is 0.433 e. The van der Waals surface area contributed by atoms with Crippen LogP contribution < -0.4 is 4.90 Å². The van der Waals surface area contributed by atoms with E-state index in [0.717, 1.165) is 43.2 Å². The van der Waals surface area contributed by atoms with E-state index >= 15 is 0 Å². The highest BCUT2D eigenvalue weighted by Gasteiger charge is 2.32. The number of aryl methyl sites for hydroxylation is 1. The first kappa shape index (κ1) is 29.0. The molecule has 3 heterocycles. The number of pyridine rings is 1. The van der Waals surface area contributed by atoms with Gasteiger partial charge in [-0.25, -0.2) is 9.97 Å². The van der Waals surface area contributed by atoms with Crippen molar-refractivity contribution < 1.29 is 33.0 Å². The van der Waals surface area contributed by atoms with Crippen molar-refractivity contribution in [1.82, 2.24) is 15.0 Å². The van der Waals surface area contributed by atoms with Crippen LogP contribution in [0, 0.1) is 12.8 Å². The third-order valence-corrected chi connectivity index (χ3v) is 7.07. The largest absolute Gasteiger partial charge is 0.504 e. The zero-order valence-corrected chi connectivity index (χ0v) is 22.1. The highest BCUT2D eigenvalue weighted by Crippen LogP contribution is 2.29. The first-order valence-corrected chi connectivity index (χ1v) is 13.2. The van der Waals surface area contributed by atoms with Gasteiger partial charge in [-0.1, -0.05) is 18.2 Å². The second-order valence-electron chi connectivity index (χ2n) is 10.1. The zero-order chi connectivity index (χ0) is 28.9. The maximum absolute atomic E-state index is 12.7. The van der Waals surface area contributed by atoms with Crippen LogP contribution in [-0.4, -0.2) is 50.0 Å². The number of Topliss-reactive ketones (excluding diaryl/α,β-unsaturated/α-hetero) is 1. The van der Waals surface area contributed by atoms with Crippen molar-refractivity contribution in [2.75, 3.05) is 18.0 Å². The molecular formula is C29H31F3N4O4. The Balaban J connectivity index is 1.31. The molecule has 4 rings (SSSR count). The number of aliphatic carboxylic acids is 1. The molecule has 0 amide bonds. The normalized spacial score (nSPS) is 14.3. The standard InChI is InChI=1S/C29H31F3N4O4/c1-18-28(40)27(23(37)3-2-4-26(38)39)35-25(34-18)16-20-11-13-36(14-12-20)22-8-5-19(6-9-22)15-21-7-10-24(33-17-21)29(30,31)32/h5-10,17,20,40H,2-4,11-16H2,1H3,(H,38,39). The van der Waals surface area contributed by atoms with Crippen LogP contribution in [-0.2, 0) is 23.8 Å². The minimum atomic E-state index is -4.45. The highest BCUT2D eigenvalue weighted by molar-refractivity contribution is 5.97. The molecule has 1 aliphatic rings. The van der Waals surface area contributed by atoms with Gasteiger partial charge in [-0.2, -0.15) is 13.2 Å². The van der Waals surface area contributed by atoms with Gasteiger partial charge in [0.2, 0.25) is 0 Å². The lowest BCUT2D eigenvalue weighted by Crippen LogP contribution is -2.34. The Bertz CT molecular complexity index is 1340. The van der Waals surface area contributed by atoms with Gasteiger partial charge in [-0.15, -0.1) is 0 Å². The van der Waals surface area contributed by atoms with Crippen LogP contribution in [0.15, 0.2) is 42.6 Å². The summed E-state index contributed by atoms with van der Waals surface area (Å²) in [5, 5.41) is 19.1. The minimum absolute atomic E-state index is 0.00579. The number of hydrogen-bond acceptors (Lipinski definition) is 7. The number of anilines is 1. The second kappa shape index (κ2) is 12.4. The zero-order valence-electron chi connectivity index (χ0n) is 22.1. The maximum Gasteiger partial charge on any atom is 0.433 e. The van der Waals surface area contributed by atoms with Crippen molar-refractivity contribution in [2.24, 2.45) is 5.92 Å². The molecule has 40 heavy (non-hydrogen) atoms. The quantitative estimate of drug-likeness (QED) is 0.319. The average Bonchev–Trinajstić information content (AvgIpc) is 2.91. The molecule has 11 heteroatoms. The fourth-order valence-corrected chi connectivity index (χ4v) is 4.84. The SMILES string of the molecule is Cc1nc(CC2CCN(c3ccc(Cc4ccc(C(F)(F)F)nc4)cc3)CC2)nc(C(=O)CCCC(=O)O)c1O. The average molecular weight is 557 g/mol. The van der Waals surface area contributed by atoms with Gasteiger partial charge >= 0.3 is 12.1 Å². The highest BCUT2D eigenvalue weighted by atomic mass is 19.4. The molecule has 0 spiro atoms. The molecule has 0 atom stereocenters. The predicted molar refractivity (Wildman–Crippen MR) is 141 cm³/mol. The van der Waals surface area contributed by atoms with Crippen LogP contribution >= 0.6 is 0 Å². The van der Waals surface area contributed by atoms with Crippen molar-refractivity contribution in [1.29, 1.82) is 0 Å². The number of carbonyl (C=O) groups is 2. The lowest BCUT2D eigenvalue weighted by molar-refractivity contribution is -0.141. The Hall–Kier alpha value is -4.02. The van der Waals surface area contributed by atoms with E-state index < -0.39 is 23.6 Å². The van der Waals surface area contributed by atoms with Crippen molar-refractivity contribution in [2.45, 2.75) is 58.0 Å². The summed E-state index contributed by atoms with van der Waals surface area (Å²) in [4.78, 5) is 37.8. The van der Waals surface area contributed by atoms with Crippen LogP contribution in [0.5, 0.6) is 5.75 Å². The Morgan fingerprint density at radius 3 is 2.27 bits per heavy atom. The van der Waals surface area contributed by atoms with E-state index in [2.05, 4.69) is 19.9 Å². The molecule has 212 valence electrons. The van der Waals surface area contributed by atoms with Crippen molar-refractivity contribution in [3.63, 3.8) is 0 Å². The molecular weight excluding hydrogens is 525 g/mol. The van der Waals surface area contributed by atoms with Crippen LogP contribution in [0.2, 0.25) is 0 Å². The van der Waals surface area contributed by atoms with E-state index in [1.807, 2.05) is 24.3 Å². The van der Waals surface area contributed by atoms with E-state index in [0.29, 0.717) is 35.8 Å². The van der Waals surface area contributed by atoms with E-state index in [9.17, 15) is 27.9 Å². The van der Waals surface area contributed by atoms with Crippen LogP contribution in [0.25, 0.3) is 0 Å². The lowest BCUT2D eigenvalue weighted by Gasteiger charge is -2.33. The molecule has 1 aliphatic heterocycles. The number of carboxylic acid groups (broad SMARTS) is 1. The Morgan fingerprint density at radius 2 is 1.68 bits per heavy atom. The molecule has 0 saturated carbocycles. The summed E-state index contributed by atoms with van der Waals surface area (Å²) in [6.45, 7) is 3.27. The molecule has 0 aliphatic carbocycles. The molecule has 1 aromatic carbocycles. The Labute approximate surface area is 229 Å². The molecule has 3 aromatic rings. The van der Waals surface area contributed by atoms with Crippen LogP contribution in [0.4, 0.5) is 18.9 Å². The number of piperidine rings is 1. The van der Waals surface area contributed by atoms with Crippen molar-refractivity contribution in [3.05, 3.63) is 76.6 Å². The molecule has 0 unspecified atom stereocenters. The first-order chi connectivity index (χ1) is 19.0. The summed E-state index contributed by atoms with van der Waals surface area (Å²) in [7, 11) is 0. The van der Waals surface area contributed by atoms with E-state index in [1.54, 1.807) is 6.92 Å². The number of nitrogens with zero attached hydrogens (tertiary/aromatic N) is 4. The Kier molecular flexibility index (Phi) is 9.01. The summed E-state index contributed by atoms with van der Waals surface area (Å²) < 4.78 is 38.2. The van der Waals surface area contributed by atoms with Gasteiger partial charge in [-0.05, 0) is 67.9 Å². The number of alkyl halides is 3. The number of carbonyl (C=O) groups excluding carboxylic acids is 1. The van der Waals surface area contributed by atoms with E-state index in [4.69, 9.17) is 5.11 Å². The van der Waals surface area contributed by atoms with Gasteiger partial charge in [0.15, 0.2) is 17.2 Å². The van der Waals surface area contributed by atoms with Crippen molar-refractivity contribution in [3.8, 4) is 5.75 Å². The number of benzene rings is 1. The third kappa shape index (κ3) is 7.55. The summed E-state index contributed by atoms with van der Waals surface area (Å²) in [5.74, 6) is -0.816. The summed E-state index contributed by atoms with van der Waals surface area (Å²) in [5.41, 5.74) is 2.14. The summed E-state index contributed by atoms with van der Waals surface area (Å²) in [6.07, 6.45) is -0.287. The lowest BCUT2D eigenvalue weighted by atomic mass is 9.92. The number of aromatic hydroxyl groups is 1. The molecule has 2 aromatic heterocycles. The molecule has 1 fully saturated rings. The fraction of sp³-hybridized carbons (Fsp3) is 0.414. The molecule has 1 saturated heterocycles. The van der Waals surface area contributed by atoms with Crippen molar-refractivity contribution >= 4 is 17.4 Å². The minimum Gasteiger partial charge on any atom is -0.504 e. The van der Waals surface area contributed by atoms with Gasteiger partial charge in [0, 0.05) is 44.2 Å². The summed E-state index contributed by atoms with van der Waals surface area (Å²) in [6, 6.07) is 10.4. The summed E-state index contributed by atoms with van der Waals surface area (Å²) >= 11 is 0. The third-order valence-electron chi connectivity index (χ3n) is 7.07. The number of carboxylic acids is 1. The van der Waals surface area contributed by atoms with E-state index in [1.165, 1.54) is 12.3 Å². The molecule has 0 radical (unpaired) electrons. The van der Waals surface area contributed by atoms with E-state index in [-0.39, 0.29) is 30.7 Å². The van der Waals surface area contributed by atoms with Gasteiger partial charge in [-0.3, -0.25) is 14.6 Å². The van der Waals surface area contributed by atoms with Gasteiger partial charge in [0.1, 0.15) is 11.5 Å². The number of aromatic nitrogens is 3. The molecule has 0 bridgehead atoms. The predicted octanol–water partition coefficient (Wildman–Crippen LogP) is 5.39. The Morgan fingerprint density at radius 1 is 1.00 bits per heavy atom. The topological polar surface area (TPSA) is 117 Å². The van der Waals surface area contributed by atoms with Gasteiger partial charge in [0.25, 0.3) is 0 Å². The number of rotatable bonds is 10. The van der Waals surface area contributed by atoms with Crippen LogP contribution in [0.3, 0.4) is 0 Å². The number of halogens is 3. The number of ketones is 1. The fourth-order valence-electron chi connectivity index (χ4n) is 4.84. The van der Waals surface area contributed by atoms with Gasteiger partial charge in [0.05, 0.1) is 5.69 Å². The monoisotopic (exact) mass is 556 g/mol. The molecule has 2 N–H and O–H groups in total. The number of hydrogen-bond donors (Lipinski definition) is 2. The second-order valence-corrected chi connectivity index (χ2v) is 10.1. The molecule has 8 nitrogen and oxygen atoms in total. The maximum atomic E-state index is 12.7.